The minimum Gasteiger partial charge on any atom is -0.367 e. The Labute approximate surface area is 163 Å². The van der Waals surface area contributed by atoms with E-state index in [2.05, 4.69) is 15.6 Å². The molecule has 1 fully saturated rings. The fraction of sp³-hybridized carbons (Fsp3) is 0.429. The van der Waals surface area contributed by atoms with E-state index in [0.29, 0.717) is 12.0 Å². The highest BCUT2D eigenvalue weighted by molar-refractivity contribution is 6.04. The number of pyridine rings is 1. The summed E-state index contributed by atoms with van der Waals surface area (Å²) in [5.41, 5.74) is 3.34. The number of nitrogens with zero attached hydrogens (tertiary/aromatic N) is 2. The number of carbonyl (C=O) groups is 1. The van der Waals surface area contributed by atoms with Crippen LogP contribution >= 0.6 is 0 Å². The van der Waals surface area contributed by atoms with Gasteiger partial charge in [-0.15, -0.1) is 0 Å². The van der Waals surface area contributed by atoms with Crippen molar-refractivity contribution in [2.24, 2.45) is 5.92 Å². The van der Waals surface area contributed by atoms with E-state index >= 15 is 0 Å². The van der Waals surface area contributed by atoms with Gasteiger partial charge >= 0.3 is 0 Å². The Hall–Kier alpha value is -2.70. The van der Waals surface area contributed by atoms with E-state index in [0.717, 1.165) is 47.7 Å². The van der Waals surface area contributed by atoms with Crippen molar-refractivity contribution in [1.29, 1.82) is 0 Å². The van der Waals surface area contributed by atoms with Gasteiger partial charge in [-0.1, -0.05) is 6.07 Å². The fourth-order valence-corrected chi connectivity index (χ4v) is 4.00. The van der Waals surface area contributed by atoms with Gasteiger partial charge in [0.25, 0.3) is 0 Å². The van der Waals surface area contributed by atoms with Crippen LogP contribution in [0.4, 0.5) is 26.0 Å². The Morgan fingerprint density at radius 1 is 1.25 bits per heavy atom. The van der Waals surface area contributed by atoms with Gasteiger partial charge in [-0.2, -0.15) is 0 Å². The molecule has 148 valence electrons. The maximum absolute atomic E-state index is 13.3. The van der Waals surface area contributed by atoms with Gasteiger partial charge in [-0.05, 0) is 56.7 Å². The zero-order valence-corrected chi connectivity index (χ0v) is 16.2. The zero-order chi connectivity index (χ0) is 20.0. The molecule has 0 radical (unpaired) electrons. The predicted molar refractivity (Wildman–Crippen MR) is 106 cm³/mol. The third-order valence-corrected chi connectivity index (χ3v) is 5.86. The molecule has 1 aromatic heterocycles. The largest absolute Gasteiger partial charge is 0.367 e. The summed E-state index contributed by atoms with van der Waals surface area (Å²) in [6, 6.07) is 6.18. The van der Waals surface area contributed by atoms with Crippen LogP contribution in [0.2, 0.25) is 0 Å². The summed E-state index contributed by atoms with van der Waals surface area (Å²) in [6.45, 7) is 3.76. The van der Waals surface area contributed by atoms with Gasteiger partial charge in [0.1, 0.15) is 11.9 Å². The Morgan fingerprint density at radius 3 is 2.71 bits per heavy atom. The number of halogens is 2. The Balaban J connectivity index is 1.39. The lowest BCUT2D eigenvalue weighted by atomic mass is 9.76. The summed E-state index contributed by atoms with van der Waals surface area (Å²) in [5.74, 6) is -0.377. The minimum absolute atomic E-state index is 0.0281. The van der Waals surface area contributed by atoms with Crippen molar-refractivity contribution in [3.05, 3.63) is 47.2 Å². The molecule has 1 aromatic carbocycles. The lowest BCUT2D eigenvalue weighted by molar-refractivity contribution is -0.117. The number of anilines is 3. The van der Waals surface area contributed by atoms with Crippen LogP contribution in [0.1, 0.15) is 31.0 Å². The number of amides is 1. The first kappa shape index (κ1) is 18.7. The van der Waals surface area contributed by atoms with E-state index < -0.39 is 11.6 Å². The molecule has 28 heavy (non-hydrogen) atoms. The predicted octanol–water partition coefficient (Wildman–Crippen LogP) is 3.88. The summed E-state index contributed by atoms with van der Waals surface area (Å²) < 4.78 is 26.4. The highest BCUT2D eigenvalue weighted by Crippen LogP contribution is 2.37. The van der Waals surface area contributed by atoms with Crippen molar-refractivity contribution in [3.8, 4) is 0 Å². The molecule has 0 saturated heterocycles. The van der Waals surface area contributed by atoms with E-state index in [-0.39, 0.29) is 11.9 Å². The molecule has 5 nitrogen and oxygen atoms in total. The number of hydrogen-bond acceptors (Lipinski definition) is 4. The molecule has 1 saturated carbocycles. The average Bonchev–Trinajstić information content (AvgIpc) is 2.62. The van der Waals surface area contributed by atoms with Crippen molar-refractivity contribution < 1.29 is 13.6 Å². The van der Waals surface area contributed by atoms with Crippen molar-refractivity contribution >= 4 is 23.1 Å². The molecule has 2 N–H and O–H groups in total. The second kappa shape index (κ2) is 7.04. The number of likely N-dealkylation sites (N-methyl/N-ethyl adjacent to an activating group) is 1. The zero-order valence-electron chi connectivity index (χ0n) is 16.2. The Morgan fingerprint density at radius 2 is 2.00 bits per heavy atom. The molecule has 2 heterocycles. The molecule has 1 atom stereocenters. The van der Waals surface area contributed by atoms with Gasteiger partial charge in [0, 0.05) is 19.2 Å². The second-order valence-electron chi connectivity index (χ2n) is 7.89. The normalized spacial score (nSPS) is 23.7. The van der Waals surface area contributed by atoms with Crippen molar-refractivity contribution in [1.82, 2.24) is 4.98 Å². The van der Waals surface area contributed by atoms with Gasteiger partial charge in [-0.25, -0.2) is 13.8 Å². The quantitative estimate of drug-likeness (QED) is 0.837. The van der Waals surface area contributed by atoms with E-state index in [1.54, 1.807) is 6.07 Å². The molecule has 0 bridgehead atoms. The number of nitrogens with one attached hydrogen (secondary N) is 2. The summed E-state index contributed by atoms with van der Waals surface area (Å²) in [7, 11) is 1.91. The molecular formula is C21H24F2N4O. The second-order valence-corrected chi connectivity index (χ2v) is 7.89. The lowest BCUT2D eigenvalue weighted by Crippen LogP contribution is -2.44. The third-order valence-electron chi connectivity index (χ3n) is 5.86. The number of aryl methyl sites for hydroxylation is 1. The molecular weight excluding hydrogens is 362 g/mol. The van der Waals surface area contributed by atoms with Gasteiger partial charge in [-0.3, -0.25) is 4.79 Å². The lowest BCUT2D eigenvalue weighted by Gasteiger charge is -2.37. The summed E-state index contributed by atoms with van der Waals surface area (Å²) in [5, 5.41) is 6.40. The topological polar surface area (TPSA) is 57.3 Å². The van der Waals surface area contributed by atoms with Crippen molar-refractivity contribution in [2.45, 2.75) is 45.2 Å². The fourth-order valence-electron chi connectivity index (χ4n) is 4.00. The average molecular weight is 386 g/mol. The van der Waals surface area contributed by atoms with Crippen LogP contribution in [0, 0.1) is 24.5 Å². The maximum Gasteiger partial charge on any atom is 0.246 e. The van der Waals surface area contributed by atoms with Crippen LogP contribution in [0.15, 0.2) is 24.3 Å². The molecule has 0 unspecified atom stereocenters. The maximum atomic E-state index is 13.3. The minimum atomic E-state index is -0.804. The SMILES string of the molecule is Cc1nc(N[C@H]2C[C@H](Cc3ccc(F)c(F)c3)C2)cc2c1NC(=O)[C@H](C)N2C. The van der Waals surface area contributed by atoms with Crippen LogP contribution in [-0.2, 0) is 11.2 Å². The van der Waals surface area contributed by atoms with Crippen LogP contribution < -0.4 is 15.5 Å². The Bertz CT molecular complexity index is 927. The first-order valence-electron chi connectivity index (χ1n) is 9.57. The van der Waals surface area contributed by atoms with Gasteiger partial charge in [0.2, 0.25) is 5.91 Å². The first-order chi connectivity index (χ1) is 13.3. The van der Waals surface area contributed by atoms with Crippen LogP contribution in [0.25, 0.3) is 0 Å². The summed E-state index contributed by atoms with van der Waals surface area (Å²) >= 11 is 0. The van der Waals surface area contributed by atoms with Crippen LogP contribution in [0.3, 0.4) is 0 Å². The summed E-state index contributed by atoms with van der Waals surface area (Å²) in [6.07, 6.45) is 2.66. The van der Waals surface area contributed by atoms with Gasteiger partial charge < -0.3 is 15.5 Å². The highest BCUT2D eigenvalue weighted by atomic mass is 19.2. The molecule has 1 amide bonds. The highest BCUT2D eigenvalue weighted by Gasteiger charge is 2.32. The van der Waals surface area contributed by atoms with E-state index in [1.165, 1.54) is 12.1 Å². The standard InChI is InChI=1S/C21H24F2N4O/c1-11-20-18(27(3)12(2)21(28)26-20)10-19(24-11)25-15-7-14(8-15)6-13-4-5-16(22)17(23)9-13/h4-5,9-10,12,14-15H,6-8H2,1-3H3,(H,24,25)(H,26,28)/t12-,14-,15-/m0/s1. The number of benzene rings is 1. The van der Waals surface area contributed by atoms with Crippen molar-refractivity contribution in [3.63, 3.8) is 0 Å². The number of aromatic nitrogens is 1. The molecule has 2 aromatic rings. The summed E-state index contributed by atoms with van der Waals surface area (Å²) in [4.78, 5) is 18.6. The number of carbonyl (C=O) groups excluding carboxylic acids is 1. The monoisotopic (exact) mass is 386 g/mol. The Kier molecular flexibility index (Phi) is 4.69. The van der Waals surface area contributed by atoms with E-state index in [1.807, 2.05) is 31.9 Å². The number of rotatable bonds is 4. The molecule has 2 aliphatic rings. The molecule has 4 rings (SSSR count). The van der Waals surface area contributed by atoms with Gasteiger partial charge in [0.15, 0.2) is 11.6 Å². The molecule has 1 aliphatic heterocycles. The van der Waals surface area contributed by atoms with Crippen LogP contribution in [-0.4, -0.2) is 30.0 Å². The molecule has 1 aliphatic carbocycles. The molecule has 0 spiro atoms. The third kappa shape index (κ3) is 3.41. The number of hydrogen-bond donors (Lipinski definition) is 2. The van der Waals surface area contributed by atoms with E-state index in [9.17, 15) is 13.6 Å². The van der Waals surface area contributed by atoms with E-state index in [4.69, 9.17) is 0 Å². The smallest absolute Gasteiger partial charge is 0.246 e. The molecule has 7 heteroatoms. The number of fused-ring (bicyclic) bond motifs is 1. The van der Waals surface area contributed by atoms with Crippen molar-refractivity contribution in [2.75, 3.05) is 22.6 Å². The first-order valence-corrected chi connectivity index (χ1v) is 9.57. The van der Waals surface area contributed by atoms with Crippen LogP contribution in [0.5, 0.6) is 0 Å². The van der Waals surface area contributed by atoms with Gasteiger partial charge in [0.05, 0.1) is 17.1 Å².